The number of benzene rings is 2. The molecule has 0 N–H and O–H groups in total. The van der Waals surface area contributed by atoms with Gasteiger partial charge in [0.2, 0.25) is 0 Å². The van der Waals surface area contributed by atoms with Crippen molar-refractivity contribution in [2.75, 3.05) is 19.5 Å². The molecule has 0 radical (unpaired) electrons. The van der Waals surface area contributed by atoms with Gasteiger partial charge in [0.05, 0.1) is 24.2 Å². The van der Waals surface area contributed by atoms with Gasteiger partial charge in [-0.2, -0.15) is 0 Å². The Kier molecular flexibility index (Phi) is 5.03. The number of fused-ring (bicyclic) bond motifs is 1. The molecule has 0 bridgehead atoms. The van der Waals surface area contributed by atoms with Gasteiger partial charge in [0.1, 0.15) is 0 Å². The standard InChI is InChI=1S/C17H17ClN2OS/c1-21-9-10-22-17-19-15-11-14(18)7-8-16(15)20(17)12-13-5-3-2-4-6-13/h2-8,11H,9-10,12H2,1H3. The Morgan fingerprint density at radius 2 is 2.00 bits per heavy atom. The second kappa shape index (κ2) is 7.18. The Morgan fingerprint density at radius 1 is 1.18 bits per heavy atom. The molecule has 0 atom stereocenters. The maximum atomic E-state index is 6.09. The van der Waals surface area contributed by atoms with E-state index in [2.05, 4.69) is 28.8 Å². The molecular weight excluding hydrogens is 316 g/mol. The van der Waals surface area contributed by atoms with Gasteiger partial charge in [0.15, 0.2) is 5.16 Å². The Balaban J connectivity index is 1.98. The highest BCUT2D eigenvalue weighted by Gasteiger charge is 2.12. The quantitative estimate of drug-likeness (QED) is 0.492. The lowest BCUT2D eigenvalue weighted by molar-refractivity contribution is 0.218. The smallest absolute Gasteiger partial charge is 0.169 e. The molecule has 5 heteroatoms. The molecule has 0 aliphatic carbocycles. The van der Waals surface area contributed by atoms with E-state index >= 15 is 0 Å². The van der Waals surface area contributed by atoms with Crippen LogP contribution in [0.15, 0.2) is 53.7 Å². The Morgan fingerprint density at radius 3 is 2.77 bits per heavy atom. The summed E-state index contributed by atoms with van der Waals surface area (Å²) < 4.78 is 7.37. The van der Waals surface area contributed by atoms with Crippen LogP contribution in [0.5, 0.6) is 0 Å². The van der Waals surface area contributed by atoms with Crippen molar-refractivity contribution >= 4 is 34.4 Å². The summed E-state index contributed by atoms with van der Waals surface area (Å²) in [5.41, 5.74) is 3.29. The lowest BCUT2D eigenvalue weighted by Gasteiger charge is -2.09. The van der Waals surface area contributed by atoms with E-state index < -0.39 is 0 Å². The van der Waals surface area contributed by atoms with E-state index in [1.807, 2.05) is 24.3 Å². The molecule has 0 saturated heterocycles. The van der Waals surface area contributed by atoms with Crippen molar-refractivity contribution in [1.82, 2.24) is 9.55 Å². The molecule has 0 amide bonds. The van der Waals surface area contributed by atoms with Gasteiger partial charge in [-0.15, -0.1) is 0 Å². The maximum Gasteiger partial charge on any atom is 0.169 e. The fourth-order valence-corrected chi connectivity index (χ4v) is 3.41. The number of hydrogen-bond donors (Lipinski definition) is 0. The van der Waals surface area contributed by atoms with E-state index in [4.69, 9.17) is 21.3 Å². The van der Waals surface area contributed by atoms with E-state index in [-0.39, 0.29) is 0 Å². The largest absolute Gasteiger partial charge is 0.384 e. The fourth-order valence-electron chi connectivity index (χ4n) is 2.33. The van der Waals surface area contributed by atoms with Crippen LogP contribution in [0, 0.1) is 0 Å². The number of hydrogen-bond acceptors (Lipinski definition) is 3. The number of imidazole rings is 1. The van der Waals surface area contributed by atoms with Crippen molar-refractivity contribution < 1.29 is 4.74 Å². The van der Waals surface area contributed by atoms with Crippen molar-refractivity contribution in [3.05, 3.63) is 59.1 Å². The molecule has 0 spiro atoms. The zero-order chi connectivity index (χ0) is 15.4. The number of ether oxygens (including phenoxy) is 1. The van der Waals surface area contributed by atoms with Crippen LogP contribution in [0.3, 0.4) is 0 Å². The summed E-state index contributed by atoms with van der Waals surface area (Å²) in [4.78, 5) is 4.73. The summed E-state index contributed by atoms with van der Waals surface area (Å²) in [6.45, 7) is 1.51. The van der Waals surface area contributed by atoms with Gasteiger partial charge in [-0.1, -0.05) is 53.7 Å². The third-order valence-electron chi connectivity index (χ3n) is 3.38. The Bertz CT molecular complexity index is 758. The van der Waals surface area contributed by atoms with Crippen LogP contribution in [0.25, 0.3) is 11.0 Å². The molecule has 1 aromatic heterocycles. The number of aromatic nitrogens is 2. The highest BCUT2D eigenvalue weighted by atomic mass is 35.5. The van der Waals surface area contributed by atoms with Gasteiger partial charge in [-0.05, 0) is 23.8 Å². The monoisotopic (exact) mass is 332 g/mol. The van der Waals surface area contributed by atoms with Gasteiger partial charge >= 0.3 is 0 Å². The molecule has 3 rings (SSSR count). The van der Waals surface area contributed by atoms with Crippen molar-refractivity contribution in [3.8, 4) is 0 Å². The lowest BCUT2D eigenvalue weighted by atomic mass is 10.2. The number of thioether (sulfide) groups is 1. The van der Waals surface area contributed by atoms with Crippen molar-refractivity contribution in [2.45, 2.75) is 11.7 Å². The molecule has 3 nitrogen and oxygen atoms in total. The zero-order valence-corrected chi connectivity index (χ0v) is 13.9. The first-order valence-corrected chi connectivity index (χ1v) is 8.46. The van der Waals surface area contributed by atoms with Crippen molar-refractivity contribution in [1.29, 1.82) is 0 Å². The highest BCUT2D eigenvalue weighted by Crippen LogP contribution is 2.27. The molecule has 114 valence electrons. The first-order chi connectivity index (χ1) is 10.8. The van der Waals surface area contributed by atoms with Gasteiger partial charge in [0, 0.05) is 17.9 Å². The van der Waals surface area contributed by atoms with Crippen molar-refractivity contribution in [3.63, 3.8) is 0 Å². The Hall–Kier alpha value is -1.49. The molecular formula is C17H17ClN2OS. The van der Waals surface area contributed by atoms with E-state index in [1.165, 1.54) is 5.56 Å². The fraction of sp³-hybridized carbons (Fsp3) is 0.235. The summed E-state index contributed by atoms with van der Waals surface area (Å²) in [5, 5.41) is 1.71. The number of nitrogens with zero attached hydrogens (tertiary/aromatic N) is 2. The Labute approximate surface area is 139 Å². The van der Waals surface area contributed by atoms with E-state index in [0.29, 0.717) is 11.6 Å². The first kappa shape index (κ1) is 15.4. The van der Waals surface area contributed by atoms with Gasteiger partial charge in [0.25, 0.3) is 0 Å². The van der Waals surface area contributed by atoms with Crippen LogP contribution in [-0.2, 0) is 11.3 Å². The summed E-state index contributed by atoms with van der Waals surface area (Å²) in [6, 6.07) is 16.3. The van der Waals surface area contributed by atoms with Crippen LogP contribution >= 0.6 is 23.4 Å². The minimum absolute atomic E-state index is 0.708. The molecule has 0 aliphatic rings. The third kappa shape index (κ3) is 3.46. The summed E-state index contributed by atoms with van der Waals surface area (Å²) in [5.74, 6) is 0.877. The molecule has 1 heterocycles. The van der Waals surface area contributed by atoms with E-state index in [1.54, 1.807) is 18.9 Å². The predicted molar refractivity (Wildman–Crippen MR) is 92.9 cm³/mol. The molecule has 2 aromatic carbocycles. The number of methoxy groups -OCH3 is 1. The average Bonchev–Trinajstić information content (AvgIpc) is 2.85. The molecule has 0 saturated carbocycles. The van der Waals surface area contributed by atoms with Gasteiger partial charge in [-0.3, -0.25) is 0 Å². The normalized spacial score (nSPS) is 11.2. The topological polar surface area (TPSA) is 27.1 Å². The minimum atomic E-state index is 0.708. The van der Waals surface area contributed by atoms with Gasteiger partial charge in [-0.25, -0.2) is 4.98 Å². The van der Waals surface area contributed by atoms with Crippen LogP contribution in [0.4, 0.5) is 0 Å². The summed E-state index contributed by atoms with van der Waals surface area (Å²) in [7, 11) is 1.72. The average molecular weight is 333 g/mol. The van der Waals surface area contributed by atoms with Crippen LogP contribution in [0.1, 0.15) is 5.56 Å². The molecule has 0 aliphatic heterocycles. The SMILES string of the molecule is COCCSc1nc2cc(Cl)ccc2n1Cc1ccccc1. The summed E-state index contributed by atoms with van der Waals surface area (Å²) in [6.07, 6.45) is 0. The van der Waals surface area contributed by atoms with Crippen molar-refractivity contribution in [2.24, 2.45) is 0 Å². The van der Waals surface area contributed by atoms with E-state index in [9.17, 15) is 0 Å². The zero-order valence-electron chi connectivity index (χ0n) is 12.3. The molecule has 22 heavy (non-hydrogen) atoms. The second-order valence-electron chi connectivity index (χ2n) is 4.94. The molecule has 3 aromatic rings. The maximum absolute atomic E-state index is 6.09. The molecule has 0 unspecified atom stereocenters. The minimum Gasteiger partial charge on any atom is -0.384 e. The highest BCUT2D eigenvalue weighted by molar-refractivity contribution is 7.99. The van der Waals surface area contributed by atoms with Crippen LogP contribution in [-0.4, -0.2) is 29.0 Å². The number of rotatable bonds is 6. The lowest BCUT2D eigenvalue weighted by Crippen LogP contribution is -2.02. The van der Waals surface area contributed by atoms with E-state index in [0.717, 1.165) is 28.5 Å². The third-order valence-corrected chi connectivity index (χ3v) is 4.55. The predicted octanol–water partition coefficient (Wildman–Crippen LogP) is 4.48. The van der Waals surface area contributed by atoms with Crippen LogP contribution in [0.2, 0.25) is 5.02 Å². The summed E-state index contributed by atoms with van der Waals surface area (Å²) >= 11 is 7.80. The second-order valence-corrected chi connectivity index (χ2v) is 6.44. The molecule has 0 fully saturated rings. The first-order valence-electron chi connectivity index (χ1n) is 7.09. The number of halogens is 1. The van der Waals surface area contributed by atoms with Gasteiger partial charge < -0.3 is 9.30 Å². The van der Waals surface area contributed by atoms with Crippen LogP contribution < -0.4 is 0 Å².